The number of hydrogen-bond acceptors (Lipinski definition) is 0. The predicted octanol–water partition coefficient (Wildman–Crippen LogP) is 9.33. The summed E-state index contributed by atoms with van der Waals surface area (Å²) in [7, 11) is 0. The summed E-state index contributed by atoms with van der Waals surface area (Å²) in [5.74, 6) is 4.17. The van der Waals surface area contributed by atoms with Crippen LogP contribution >= 0.6 is 0 Å². The van der Waals surface area contributed by atoms with E-state index >= 15 is 4.39 Å². The van der Waals surface area contributed by atoms with Gasteiger partial charge in [0.15, 0.2) is 0 Å². The summed E-state index contributed by atoms with van der Waals surface area (Å²) in [6.07, 6.45) is 1.15. The molecule has 184 valence electrons. The highest BCUT2D eigenvalue weighted by Gasteiger charge is 2.34. The molecule has 0 aromatic heterocycles. The molecule has 0 radical (unpaired) electrons. The molecule has 0 N–H and O–H groups in total. The first-order valence-corrected chi connectivity index (χ1v) is 12.0. The van der Waals surface area contributed by atoms with Crippen molar-refractivity contribution in [3.8, 4) is 23.0 Å². The zero-order chi connectivity index (χ0) is 25.7. The van der Waals surface area contributed by atoms with Gasteiger partial charge in [0, 0.05) is 22.1 Å². The van der Waals surface area contributed by atoms with E-state index in [1.165, 1.54) is 37.3 Å². The molecule has 4 aromatic rings. The fraction of sp³-hybridized carbons (Fsp3) is 0.226. The lowest BCUT2D eigenvalue weighted by Crippen LogP contribution is -2.07. The van der Waals surface area contributed by atoms with E-state index in [0.29, 0.717) is 23.1 Å². The minimum atomic E-state index is -4.81. The van der Waals surface area contributed by atoms with Gasteiger partial charge in [-0.05, 0) is 65.8 Å². The summed E-state index contributed by atoms with van der Waals surface area (Å²) >= 11 is 0. The number of benzene rings is 4. The van der Waals surface area contributed by atoms with Gasteiger partial charge in [0.2, 0.25) is 0 Å². The maximum absolute atomic E-state index is 15.2. The number of alkyl halides is 3. The highest BCUT2D eigenvalue weighted by molar-refractivity contribution is 5.89. The van der Waals surface area contributed by atoms with Gasteiger partial charge in [0.25, 0.3) is 0 Å². The summed E-state index contributed by atoms with van der Waals surface area (Å²) in [5, 5.41) is 0.878. The molecule has 0 unspecified atom stereocenters. The Labute approximate surface area is 207 Å². The third-order valence-electron chi connectivity index (χ3n) is 6.16. The van der Waals surface area contributed by atoms with E-state index in [4.69, 9.17) is 0 Å². The summed E-state index contributed by atoms with van der Waals surface area (Å²) < 4.78 is 67.7. The molecule has 5 heteroatoms. The van der Waals surface area contributed by atoms with Gasteiger partial charge in [-0.2, -0.15) is 13.2 Å². The van der Waals surface area contributed by atoms with Gasteiger partial charge >= 0.3 is 6.18 Å². The molecule has 0 aliphatic rings. The molecule has 0 bridgehead atoms. The highest BCUT2D eigenvalue weighted by Crippen LogP contribution is 2.35. The van der Waals surface area contributed by atoms with Crippen molar-refractivity contribution in [3.05, 3.63) is 107 Å². The molecule has 0 heterocycles. The quantitative estimate of drug-likeness (QED) is 0.143. The zero-order valence-corrected chi connectivity index (χ0v) is 19.9. The Hall–Kier alpha value is -3.65. The van der Waals surface area contributed by atoms with Crippen LogP contribution in [0.1, 0.15) is 54.9 Å². The molecule has 36 heavy (non-hydrogen) atoms. The van der Waals surface area contributed by atoms with Crippen molar-refractivity contribution in [2.45, 2.75) is 45.2 Å². The largest absolute Gasteiger partial charge is 0.419 e. The van der Waals surface area contributed by atoms with E-state index in [0.717, 1.165) is 18.1 Å². The molecule has 0 saturated carbocycles. The Morgan fingerprint density at radius 3 is 2.14 bits per heavy atom. The molecule has 4 rings (SSSR count). The number of halogens is 5. The van der Waals surface area contributed by atoms with Gasteiger partial charge in [-0.25, -0.2) is 8.78 Å². The average molecular weight is 493 g/mol. The van der Waals surface area contributed by atoms with Crippen molar-refractivity contribution in [2.75, 3.05) is 0 Å². The van der Waals surface area contributed by atoms with Gasteiger partial charge in [0.1, 0.15) is 11.6 Å². The van der Waals surface area contributed by atoms with Crippen molar-refractivity contribution in [1.82, 2.24) is 0 Å². The molecule has 0 amide bonds. The van der Waals surface area contributed by atoms with Crippen LogP contribution in [-0.4, -0.2) is 0 Å². The molecule has 0 aliphatic carbocycles. The Balaban J connectivity index is 1.53. The normalized spacial score (nSPS) is 11.4. The average Bonchev–Trinajstić information content (AvgIpc) is 2.85. The van der Waals surface area contributed by atoms with Crippen LogP contribution < -0.4 is 0 Å². The molecule has 0 saturated heterocycles. The number of rotatable bonds is 6. The van der Waals surface area contributed by atoms with Crippen LogP contribution in [-0.2, 0) is 12.6 Å². The summed E-state index contributed by atoms with van der Waals surface area (Å²) in [6, 6.07) is 18.7. The number of aryl methyl sites for hydroxylation is 1. The van der Waals surface area contributed by atoms with Crippen molar-refractivity contribution in [2.24, 2.45) is 0 Å². The Morgan fingerprint density at radius 1 is 0.722 bits per heavy atom. The predicted molar refractivity (Wildman–Crippen MR) is 135 cm³/mol. The second-order valence-electron chi connectivity index (χ2n) is 8.81. The van der Waals surface area contributed by atoms with Gasteiger partial charge in [0.05, 0.1) is 5.56 Å². The Morgan fingerprint density at radius 2 is 1.44 bits per heavy atom. The standard InChI is InChI=1S/C31H25F5/c1-2-3-4-5-6-21-7-9-22(10-8-21)11-12-23-13-16-26-24(19-23)14-17-27(30(26)33)25-15-18-28(29(32)20-25)31(34,35)36/h7-10,13-20H,2-6H2,1H3. The van der Waals surface area contributed by atoms with Gasteiger partial charge in [-0.15, -0.1) is 0 Å². The van der Waals surface area contributed by atoms with E-state index in [-0.39, 0.29) is 16.5 Å². The van der Waals surface area contributed by atoms with Crippen LogP contribution in [0.4, 0.5) is 22.0 Å². The molecular weight excluding hydrogens is 467 g/mol. The van der Waals surface area contributed by atoms with E-state index in [9.17, 15) is 17.6 Å². The fourth-order valence-corrected chi connectivity index (χ4v) is 4.16. The number of hydrogen-bond donors (Lipinski definition) is 0. The number of fused-ring (bicyclic) bond motifs is 1. The SMILES string of the molecule is CCCCCCc1ccc(C#Cc2ccc3c(F)c(-c4ccc(C(F)(F)F)c(F)c4)ccc3c2)cc1. The van der Waals surface area contributed by atoms with E-state index in [1.54, 1.807) is 24.3 Å². The van der Waals surface area contributed by atoms with Crippen molar-refractivity contribution in [1.29, 1.82) is 0 Å². The molecule has 0 aliphatic heterocycles. The molecule has 0 nitrogen and oxygen atoms in total. The second-order valence-corrected chi connectivity index (χ2v) is 8.81. The molecule has 4 aromatic carbocycles. The number of unbranched alkanes of at least 4 members (excludes halogenated alkanes) is 3. The lowest BCUT2D eigenvalue weighted by Gasteiger charge is -2.11. The molecular formula is C31H25F5. The lowest BCUT2D eigenvalue weighted by atomic mass is 9.98. The topological polar surface area (TPSA) is 0 Å². The monoisotopic (exact) mass is 492 g/mol. The highest BCUT2D eigenvalue weighted by atomic mass is 19.4. The van der Waals surface area contributed by atoms with E-state index < -0.39 is 23.4 Å². The lowest BCUT2D eigenvalue weighted by molar-refractivity contribution is -0.139. The smallest absolute Gasteiger partial charge is 0.206 e. The zero-order valence-electron chi connectivity index (χ0n) is 19.9. The first-order chi connectivity index (χ1) is 17.3. The van der Waals surface area contributed by atoms with Crippen LogP contribution in [0.25, 0.3) is 21.9 Å². The second kappa shape index (κ2) is 11.0. The minimum absolute atomic E-state index is 0.0312. The van der Waals surface area contributed by atoms with E-state index in [1.807, 2.05) is 12.1 Å². The Bertz CT molecular complexity index is 1420. The van der Waals surface area contributed by atoms with Gasteiger partial charge in [-0.1, -0.05) is 74.4 Å². The first-order valence-electron chi connectivity index (χ1n) is 12.0. The van der Waals surface area contributed by atoms with Crippen LogP contribution in [0, 0.1) is 23.5 Å². The first kappa shape index (κ1) is 25.4. The molecule has 0 fully saturated rings. The van der Waals surface area contributed by atoms with Crippen LogP contribution in [0.3, 0.4) is 0 Å². The third-order valence-corrected chi connectivity index (χ3v) is 6.16. The maximum atomic E-state index is 15.2. The minimum Gasteiger partial charge on any atom is -0.206 e. The van der Waals surface area contributed by atoms with Gasteiger partial charge < -0.3 is 0 Å². The molecule has 0 spiro atoms. The van der Waals surface area contributed by atoms with Crippen molar-refractivity contribution in [3.63, 3.8) is 0 Å². The van der Waals surface area contributed by atoms with Crippen molar-refractivity contribution >= 4 is 10.8 Å². The summed E-state index contributed by atoms with van der Waals surface area (Å²) in [6.45, 7) is 2.20. The van der Waals surface area contributed by atoms with Crippen LogP contribution in [0.15, 0.2) is 72.8 Å². The van der Waals surface area contributed by atoms with Crippen LogP contribution in [0.5, 0.6) is 0 Å². The van der Waals surface area contributed by atoms with Gasteiger partial charge in [-0.3, -0.25) is 0 Å². The maximum Gasteiger partial charge on any atom is 0.419 e. The fourth-order valence-electron chi connectivity index (χ4n) is 4.16. The van der Waals surface area contributed by atoms with Crippen molar-refractivity contribution < 1.29 is 22.0 Å². The summed E-state index contributed by atoms with van der Waals surface area (Å²) in [5.41, 5.74) is 1.58. The Kier molecular flexibility index (Phi) is 7.74. The molecule has 0 atom stereocenters. The summed E-state index contributed by atoms with van der Waals surface area (Å²) in [4.78, 5) is 0. The van der Waals surface area contributed by atoms with Crippen LogP contribution in [0.2, 0.25) is 0 Å². The third kappa shape index (κ3) is 5.94. The van der Waals surface area contributed by atoms with E-state index in [2.05, 4.69) is 30.9 Å².